The Balaban J connectivity index is 0.00000338. The van der Waals surface area contributed by atoms with Gasteiger partial charge in [-0.1, -0.05) is 27.7 Å². The summed E-state index contributed by atoms with van der Waals surface area (Å²) < 4.78 is 15.1. The molecule has 0 saturated carbocycles. The fraction of sp³-hybridized carbons (Fsp3) is 0.500. The molecule has 1 heterocycles. The van der Waals surface area contributed by atoms with Crippen LogP contribution in [0.5, 0.6) is 0 Å². The van der Waals surface area contributed by atoms with E-state index in [1.807, 2.05) is 6.07 Å². The van der Waals surface area contributed by atoms with Crippen molar-refractivity contribution in [2.75, 3.05) is 13.1 Å². The van der Waals surface area contributed by atoms with E-state index in [1.54, 1.807) is 23.7 Å². The summed E-state index contributed by atoms with van der Waals surface area (Å²) in [5.74, 6) is 0.0827. The number of hydrogen-bond donors (Lipinski definition) is 0. The molecule has 0 bridgehead atoms. The molecule has 0 atom stereocenters. The predicted molar refractivity (Wildman–Crippen MR) is 107 cm³/mol. The maximum absolute atomic E-state index is 13.6. The Labute approximate surface area is 161 Å². The molecule has 0 amide bonds. The molecule has 6 heteroatoms. The molecule has 1 aromatic heterocycles. The van der Waals surface area contributed by atoms with E-state index in [0.29, 0.717) is 30.3 Å². The van der Waals surface area contributed by atoms with Gasteiger partial charge in [-0.3, -0.25) is 9.69 Å². The second-order valence-electron chi connectivity index (χ2n) is 6.86. The minimum Gasteiger partial charge on any atom is -0.299 e. The molecule has 0 fully saturated rings. The van der Waals surface area contributed by atoms with Crippen LogP contribution >= 0.6 is 12.4 Å². The molecule has 0 aliphatic heterocycles. The summed E-state index contributed by atoms with van der Waals surface area (Å²) in [6.07, 6.45) is 0. The van der Waals surface area contributed by atoms with Gasteiger partial charge >= 0.3 is 0 Å². The minimum absolute atomic E-state index is 0. The van der Waals surface area contributed by atoms with Gasteiger partial charge in [0.2, 0.25) is 0 Å². The van der Waals surface area contributed by atoms with Crippen LogP contribution in [0.3, 0.4) is 0 Å². The predicted octanol–water partition coefficient (Wildman–Crippen LogP) is 4.28. The van der Waals surface area contributed by atoms with Crippen molar-refractivity contribution in [3.05, 3.63) is 51.6 Å². The average Bonchev–Trinajstić information content (AvgIpc) is 2.57. The first kappa shape index (κ1) is 22.3. The first-order valence-corrected chi connectivity index (χ1v) is 8.95. The van der Waals surface area contributed by atoms with Crippen molar-refractivity contribution in [1.29, 1.82) is 0 Å². The van der Waals surface area contributed by atoms with E-state index in [2.05, 4.69) is 37.7 Å². The number of aryl methyl sites for hydroxylation is 1. The van der Waals surface area contributed by atoms with Crippen LogP contribution < -0.4 is 5.56 Å². The molecule has 144 valence electrons. The van der Waals surface area contributed by atoms with Crippen LogP contribution in [0.2, 0.25) is 0 Å². The molecule has 0 aliphatic carbocycles. The number of rotatable bonds is 7. The zero-order valence-corrected chi connectivity index (χ0v) is 17.1. The van der Waals surface area contributed by atoms with Gasteiger partial charge in [0, 0.05) is 24.2 Å². The lowest BCUT2D eigenvalue weighted by Crippen LogP contribution is -2.32. The Morgan fingerprint density at radius 2 is 1.85 bits per heavy atom. The molecule has 0 saturated heterocycles. The fourth-order valence-electron chi connectivity index (χ4n) is 2.81. The first-order chi connectivity index (χ1) is 11.8. The van der Waals surface area contributed by atoms with E-state index in [0.717, 1.165) is 24.2 Å². The molecular weight excluding hydrogens is 353 g/mol. The summed E-state index contributed by atoms with van der Waals surface area (Å²) >= 11 is 0. The van der Waals surface area contributed by atoms with Gasteiger partial charge in [-0.2, -0.15) is 5.10 Å². The van der Waals surface area contributed by atoms with Gasteiger partial charge in [-0.05, 0) is 55.8 Å². The topological polar surface area (TPSA) is 38.1 Å². The second kappa shape index (κ2) is 9.83. The van der Waals surface area contributed by atoms with Gasteiger partial charge in [-0.25, -0.2) is 9.07 Å². The first-order valence-electron chi connectivity index (χ1n) is 8.95. The van der Waals surface area contributed by atoms with Crippen molar-refractivity contribution >= 4 is 12.4 Å². The van der Waals surface area contributed by atoms with Crippen LogP contribution in [0.15, 0.2) is 29.1 Å². The van der Waals surface area contributed by atoms with E-state index in [1.165, 1.54) is 6.07 Å². The van der Waals surface area contributed by atoms with E-state index in [4.69, 9.17) is 0 Å². The molecule has 0 N–H and O–H groups in total. The molecule has 0 aliphatic rings. The third-order valence-electron chi connectivity index (χ3n) is 4.33. The average molecular weight is 382 g/mol. The van der Waals surface area contributed by atoms with Crippen molar-refractivity contribution in [2.45, 2.75) is 47.7 Å². The molecular formula is C20H29ClFN3O. The summed E-state index contributed by atoms with van der Waals surface area (Å²) in [6.45, 7) is 13.0. The van der Waals surface area contributed by atoms with E-state index >= 15 is 0 Å². The van der Waals surface area contributed by atoms with Crippen LogP contribution in [-0.4, -0.2) is 27.8 Å². The zero-order valence-electron chi connectivity index (χ0n) is 16.3. The standard InChI is InChI=1S/C20H28FN3O.ClH/c1-6-23(7-2)13-17-11-19(16-8-9-18(21)15(5)10-16)22-24(20(17)25)12-14(3)4;/h8-11,14H,6-7,12-13H2,1-5H3;1H. The highest BCUT2D eigenvalue weighted by molar-refractivity contribution is 5.85. The van der Waals surface area contributed by atoms with Gasteiger partial charge in [0.25, 0.3) is 5.56 Å². The molecule has 0 radical (unpaired) electrons. The molecule has 4 nitrogen and oxygen atoms in total. The quantitative estimate of drug-likeness (QED) is 0.718. The Hall–Kier alpha value is -1.72. The highest BCUT2D eigenvalue weighted by atomic mass is 35.5. The lowest BCUT2D eigenvalue weighted by atomic mass is 10.1. The summed E-state index contributed by atoms with van der Waals surface area (Å²) in [5.41, 5.74) is 2.81. The minimum atomic E-state index is -0.234. The molecule has 26 heavy (non-hydrogen) atoms. The number of aromatic nitrogens is 2. The van der Waals surface area contributed by atoms with Gasteiger partial charge < -0.3 is 0 Å². The third kappa shape index (κ3) is 5.39. The Morgan fingerprint density at radius 1 is 1.19 bits per heavy atom. The lowest BCUT2D eigenvalue weighted by Gasteiger charge is -2.19. The van der Waals surface area contributed by atoms with Crippen LogP contribution in [0.25, 0.3) is 11.3 Å². The Morgan fingerprint density at radius 3 is 2.38 bits per heavy atom. The van der Waals surface area contributed by atoms with Gasteiger partial charge in [0.1, 0.15) is 5.82 Å². The lowest BCUT2D eigenvalue weighted by molar-refractivity contribution is 0.292. The normalized spacial score (nSPS) is 11.1. The smallest absolute Gasteiger partial charge is 0.271 e. The SMILES string of the molecule is CCN(CC)Cc1cc(-c2ccc(F)c(C)c2)nn(CC(C)C)c1=O.Cl. The molecule has 0 spiro atoms. The second-order valence-corrected chi connectivity index (χ2v) is 6.86. The largest absolute Gasteiger partial charge is 0.299 e. The van der Waals surface area contributed by atoms with Gasteiger partial charge in [0.05, 0.1) is 5.69 Å². The maximum atomic E-state index is 13.6. The fourth-order valence-corrected chi connectivity index (χ4v) is 2.81. The number of benzene rings is 1. The van der Waals surface area contributed by atoms with Crippen molar-refractivity contribution in [1.82, 2.24) is 14.7 Å². The van der Waals surface area contributed by atoms with Crippen molar-refractivity contribution in [3.63, 3.8) is 0 Å². The van der Waals surface area contributed by atoms with Crippen LogP contribution in [0.4, 0.5) is 4.39 Å². The van der Waals surface area contributed by atoms with Crippen molar-refractivity contribution < 1.29 is 4.39 Å². The van der Waals surface area contributed by atoms with Crippen molar-refractivity contribution in [3.8, 4) is 11.3 Å². The van der Waals surface area contributed by atoms with Crippen LogP contribution in [0.1, 0.15) is 38.8 Å². The summed E-state index contributed by atoms with van der Waals surface area (Å²) in [5, 5.41) is 4.54. The van der Waals surface area contributed by atoms with E-state index in [-0.39, 0.29) is 23.8 Å². The Kier molecular flexibility index (Phi) is 8.44. The van der Waals surface area contributed by atoms with Gasteiger partial charge in [-0.15, -0.1) is 12.4 Å². The van der Waals surface area contributed by atoms with Gasteiger partial charge in [0.15, 0.2) is 0 Å². The molecule has 2 aromatic rings. The molecule has 1 aromatic carbocycles. The highest BCUT2D eigenvalue weighted by Crippen LogP contribution is 2.20. The summed E-state index contributed by atoms with van der Waals surface area (Å²) in [4.78, 5) is 15.0. The third-order valence-corrected chi connectivity index (χ3v) is 4.33. The number of hydrogen-bond acceptors (Lipinski definition) is 3. The van der Waals surface area contributed by atoms with Crippen LogP contribution in [0, 0.1) is 18.7 Å². The van der Waals surface area contributed by atoms with Crippen molar-refractivity contribution in [2.24, 2.45) is 5.92 Å². The summed E-state index contributed by atoms with van der Waals surface area (Å²) in [7, 11) is 0. The highest BCUT2D eigenvalue weighted by Gasteiger charge is 2.14. The monoisotopic (exact) mass is 381 g/mol. The van der Waals surface area contributed by atoms with E-state index in [9.17, 15) is 9.18 Å². The zero-order chi connectivity index (χ0) is 18.6. The maximum Gasteiger partial charge on any atom is 0.271 e. The van der Waals surface area contributed by atoms with Crippen LogP contribution in [-0.2, 0) is 13.1 Å². The number of nitrogens with zero attached hydrogens (tertiary/aromatic N) is 3. The number of halogens is 2. The molecule has 0 unspecified atom stereocenters. The molecule has 2 rings (SSSR count). The Bertz CT molecular complexity index is 785. The summed E-state index contributed by atoms with van der Waals surface area (Å²) in [6, 6.07) is 6.80. The van der Waals surface area contributed by atoms with E-state index < -0.39 is 0 Å².